The molecule has 0 saturated heterocycles. The maximum atomic E-state index is 11.6. The molecule has 0 saturated carbocycles. The number of methoxy groups -OCH3 is 1. The van der Waals surface area contributed by atoms with E-state index in [4.69, 9.17) is 9.84 Å². The molecule has 2 unspecified atom stereocenters. The van der Waals surface area contributed by atoms with E-state index in [-0.39, 0.29) is 12.6 Å². The van der Waals surface area contributed by atoms with Crippen LogP contribution in [-0.4, -0.2) is 56.0 Å². The van der Waals surface area contributed by atoms with E-state index in [1.165, 1.54) is 0 Å². The fourth-order valence-corrected chi connectivity index (χ4v) is 1.43. The number of aliphatic hydroxyl groups excluding tert-OH is 1. The normalized spacial score (nSPS) is 13.8. The lowest BCUT2D eigenvalue weighted by Crippen LogP contribution is -2.51. The highest BCUT2D eigenvalue weighted by Gasteiger charge is 2.19. The zero-order chi connectivity index (χ0) is 14.0. The Morgan fingerprint density at radius 1 is 1.39 bits per heavy atom. The van der Waals surface area contributed by atoms with Gasteiger partial charge in [0.2, 0.25) is 5.91 Å². The fraction of sp³-hybridized carbons (Fsp3) is 0.818. The average Bonchev–Trinajstić information content (AvgIpc) is 2.29. The van der Waals surface area contributed by atoms with Gasteiger partial charge < -0.3 is 20.5 Å². The van der Waals surface area contributed by atoms with Crippen LogP contribution in [0.2, 0.25) is 0 Å². The van der Waals surface area contributed by atoms with Crippen molar-refractivity contribution in [2.75, 3.05) is 26.9 Å². The number of imide groups is 1. The van der Waals surface area contributed by atoms with Crippen molar-refractivity contribution in [2.24, 2.45) is 0 Å². The molecule has 0 radical (unpaired) electrons. The van der Waals surface area contributed by atoms with Gasteiger partial charge in [-0.1, -0.05) is 0 Å². The predicted molar refractivity (Wildman–Crippen MR) is 67.2 cm³/mol. The lowest BCUT2D eigenvalue weighted by atomic mass is 10.2. The van der Waals surface area contributed by atoms with Gasteiger partial charge in [0.05, 0.1) is 12.6 Å². The third-order valence-electron chi connectivity index (χ3n) is 2.30. The van der Waals surface area contributed by atoms with Gasteiger partial charge in [0.15, 0.2) is 0 Å². The first kappa shape index (κ1) is 16.8. The van der Waals surface area contributed by atoms with Gasteiger partial charge in [0.25, 0.3) is 0 Å². The van der Waals surface area contributed by atoms with Crippen molar-refractivity contribution in [1.82, 2.24) is 16.0 Å². The van der Waals surface area contributed by atoms with Crippen molar-refractivity contribution in [3.63, 3.8) is 0 Å². The molecular weight excluding hydrogens is 238 g/mol. The molecule has 0 spiro atoms. The SMILES string of the molecule is CCNC(=O)NC(=O)C(C)NC(CCO)COC. The van der Waals surface area contributed by atoms with Gasteiger partial charge >= 0.3 is 6.03 Å². The van der Waals surface area contributed by atoms with Crippen LogP contribution in [0, 0.1) is 0 Å². The highest BCUT2D eigenvalue weighted by atomic mass is 16.5. The van der Waals surface area contributed by atoms with Crippen LogP contribution in [0.4, 0.5) is 4.79 Å². The molecule has 0 fully saturated rings. The number of hydrogen-bond acceptors (Lipinski definition) is 5. The zero-order valence-electron chi connectivity index (χ0n) is 11.2. The Bertz CT molecular complexity index is 255. The number of hydrogen-bond donors (Lipinski definition) is 4. The topological polar surface area (TPSA) is 99.7 Å². The van der Waals surface area contributed by atoms with E-state index in [0.717, 1.165) is 0 Å². The molecular formula is C11H23N3O4. The summed E-state index contributed by atoms with van der Waals surface area (Å²) in [4.78, 5) is 22.8. The number of rotatable bonds is 8. The molecule has 0 bridgehead atoms. The molecule has 106 valence electrons. The van der Waals surface area contributed by atoms with Crippen molar-refractivity contribution in [2.45, 2.75) is 32.4 Å². The highest BCUT2D eigenvalue weighted by Crippen LogP contribution is 1.95. The van der Waals surface area contributed by atoms with Crippen LogP contribution in [0.5, 0.6) is 0 Å². The molecule has 0 aromatic rings. The lowest BCUT2D eigenvalue weighted by molar-refractivity contribution is -0.122. The van der Waals surface area contributed by atoms with Gasteiger partial charge in [-0.05, 0) is 20.3 Å². The Balaban J connectivity index is 4.14. The summed E-state index contributed by atoms with van der Waals surface area (Å²) in [6.45, 7) is 4.26. The summed E-state index contributed by atoms with van der Waals surface area (Å²) in [5.74, 6) is -0.417. The number of ether oxygens (including phenoxy) is 1. The van der Waals surface area contributed by atoms with Gasteiger partial charge in [-0.15, -0.1) is 0 Å². The average molecular weight is 261 g/mol. The number of carbonyl (C=O) groups is 2. The lowest BCUT2D eigenvalue weighted by Gasteiger charge is -2.21. The first-order valence-corrected chi connectivity index (χ1v) is 5.99. The molecule has 0 aliphatic heterocycles. The number of carbonyl (C=O) groups excluding carboxylic acids is 2. The second kappa shape index (κ2) is 9.81. The molecule has 0 aromatic heterocycles. The molecule has 0 aromatic carbocycles. The van der Waals surface area contributed by atoms with E-state index in [1.54, 1.807) is 21.0 Å². The molecule has 0 aliphatic rings. The van der Waals surface area contributed by atoms with Gasteiger partial charge in [-0.3, -0.25) is 10.1 Å². The molecule has 7 heteroatoms. The Hall–Kier alpha value is -1.18. The van der Waals surface area contributed by atoms with Crippen LogP contribution in [0.15, 0.2) is 0 Å². The van der Waals surface area contributed by atoms with Crippen molar-refractivity contribution in [3.05, 3.63) is 0 Å². The maximum absolute atomic E-state index is 11.6. The summed E-state index contributed by atoms with van der Waals surface area (Å²) in [6, 6.07) is -1.18. The minimum absolute atomic E-state index is 0.00564. The number of amides is 3. The zero-order valence-corrected chi connectivity index (χ0v) is 11.2. The minimum atomic E-state index is -0.542. The first-order valence-electron chi connectivity index (χ1n) is 5.99. The third kappa shape index (κ3) is 7.21. The Kier molecular flexibility index (Phi) is 9.17. The standard InChI is InChI=1S/C11H23N3O4/c1-4-12-11(17)14-10(16)8(2)13-9(5-6-15)7-18-3/h8-9,13,15H,4-7H2,1-3H3,(H2,12,14,16,17). The molecule has 2 atom stereocenters. The summed E-state index contributed by atoms with van der Waals surface area (Å²) in [5, 5.41) is 16.5. The predicted octanol–water partition coefficient (Wildman–Crippen LogP) is -0.792. The van der Waals surface area contributed by atoms with E-state index in [1.807, 2.05) is 0 Å². The molecule has 7 nitrogen and oxygen atoms in total. The Labute approximate surface area is 107 Å². The second-order valence-electron chi connectivity index (χ2n) is 3.90. The van der Waals surface area contributed by atoms with Gasteiger partial charge in [-0.25, -0.2) is 4.79 Å². The van der Waals surface area contributed by atoms with Crippen LogP contribution in [0.3, 0.4) is 0 Å². The minimum Gasteiger partial charge on any atom is -0.396 e. The summed E-state index contributed by atoms with van der Waals surface area (Å²) in [5.41, 5.74) is 0. The van der Waals surface area contributed by atoms with Gasteiger partial charge in [-0.2, -0.15) is 0 Å². The van der Waals surface area contributed by atoms with E-state index in [2.05, 4.69) is 16.0 Å². The molecule has 0 heterocycles. The first-order chi connectivity index (χ1) is 8.54. The van der Waals surface area contributed by atoms with E-state index in [0.29, 0.717) is 19.6 Å². The smallest absolute Gasteiger partial charge is 0.321 e. The molecule has 0 aliphatic carbocycles. The second-order valence-corrected chi connectivity index (χ2v) is 3.90. The van der Waals surface area contributed by atoms with Crippen LogP contribution >= 0.6 is 0 Å². The monoisotopic (exact) mass is 261 g/mol. The van der Waals surface area contributed by atoms with Gasteiger partial charge in [0.1, 0.15) is 0 Å². The highest BCUT2D eigenvalue weighted by molar-refractivity contribution is 5.96. The molecule has 3 amide bonds. The van der Waals surface area contributed by atoms with Gasteiger partial charge in [0, 0.05) is 26.3 Å². The summed E-state index contributed by atoms with van der Waals surface area (Å²) in [6.07, 6.45) is 0.479. The quantitative estimate of drug-likeness (QED) is 0.459. The van der Waals surface area contributed by atoms with E-state index >= 15 is 0 Å². The summed E-state index contributed by atoms with van der Waals surface area (Å²) < 4.78 is 4.97. The summed E-state index contributed by atoms with van der Waals surface area (Å²) >= 11 is 0. The number of urea groups is 1. The summed E-state index contributed by atoms with van der Waals surface area (Å²) in [7, 11) is 1.55. The van der Waals surface area contributed by atoms with E-state index in [9.17, 15) is 9.59 Å². The molecule has 4 N–H and O–H groups in total. The van der Waals surface area contributed by atoms with Crippen molar-refractivity contribution in [1.29, 1.82) is 0 Å². The van der Waals surface area contributed by atoms with Crippen molar-refractivity contribution < 1.29 is 19.4 Å². The third-order valence-corrected chi connectivity index (χ3v) is 2.30. The maximum Gasteiger partial charge on any atom is 0.321 e. The van der Waals surface area contributed by atoms with Crippen molar-refractivity contribution >= 4 is 11.9 Å². The van der Waals surface area contributed by atoms with Crippen LogP contribution in [0.25, 0.3) is 0 Å². The molecule has 0 rings (SSSR count). The number of nitrogens with one attached hydrogen (secondary N) is 3. The van der Waals surface area contributed by atoms with Crippen LogP contribution in [-0.2, 0) is 9.53 Å². The Morgan fingerprint density at radius 2 is 2.06 bits per heavy atom. The fourth-order valence-electron chi connectivity index (χ4n) is 1.43. The van der Waals surface area contributed by atoms with Crippen LogP contribution in [0.1, 0.15) is 20.3 Å². The van der Waals surface area contributed by atoms with E-state index < -0.39 is 18.0 Å². The Morgan fingerprint density at radius 3 is 2.56 bits per heavy atom. The van der Waals surface area contributed by atoms with Crippen molar-refractivity contribution in [3.8, 4) is 0 Å². The van der Waals surface area contributed by atoms with Crippen LogP contribution < -0.4 is 16.0 Å². The number of aliphatic hydroxyl groups is 1. The molecule has 18 heavy (non-hydrogen) atoms. The largest absolute Gasteiger partial charge is 0.396 e.